The lowest BCUT2D eigenvalue weighted by Gasteiger charge is -2.41. The van der Waals surface area contributed by atoms with E-state index in [4.69, 9.17) is 21.1 Å². The van der Waals surface area contributed by atoms with Gasteiger partial charge in [-0.05, 0) is 32.0 Å². The van der Waals surface area contributed by atoms with Crippen molar-refractivity contribution in [3.63, 3.8) is 0 Å². The number of fused-ring (bicyclic) bond motifs is 1. The molecule has 1 saturated heterocycles. The number of aromatic amines is 1. The molecule has 0 saturated carbocycles. The van der Waals surface area contributed by atoms with Crippen LogP contribution in [0.2, 0.25) is 5.02 Å². The van der Waals surface area contributed by atoms with Crippen LogP contribution < -0.4 is 9.47 Å². The minimum Gasteiger partial charge on any atom is -0.471 e. The number of aliphatic hydroxyl groups is 1. The largest absolute Gasteiger partial charge is 0.471 e. The Hall–Kier alpha value is -2.98. The molecule has 1 aliphatic rings. The molecule has 0 unspecified atom stereocenters. The Kier molecular flexibility index (Phi) is 5.91. The molecule has 3 heterocycles. The molecule has 32 heavy (non-hydrogen) atoms. The Morgan fingerprint density at radius 1 is 1.31 bits per heavy atom. The predicted molar refractivity (Wildman–Crippen MR) is 111 cm³/mol. The number of carbonyl (C=O) groups excluding carboxylic acids is 1. The molecule has 1 aliphatic heterocycles. The first-order chi connectivity index (χ1) is 15.2. The summed E-state index contributed by atoms with van der Waals surface area (Å²) in [4.78, 5) is 25.3. The van der Waals surface area contributed by atoms with Crippen LogP contribution in [0, 0.1) is 17.0 Å². The van der Waals surface area contributed by atoms with Crippen LogP contribution in [0.4, 0.5) is 8.78 Å². The number of aromatic nitrogens is 3. The first-order valence-corrected chi connectivity index (χ1v) is 10.2. The normalized spacial score (nSPS) is 14.5. The monoisotopic (exact) mass is 466 g/mol. The highest BCUT2D eigenvalue weighted by Gasteiger charge is 2.39. The highest BCUT2D eigenvalue weighted by molar-refractivity contribution is 6.32. The molecule has 0 atom stereocenters. The average molecular weight is 467 g/mol. The van der Waals surface area contributed by atoms with E-state index >= 15 is 0 Å². The number of H-pyrrole nitrogens is 1. The SMILES string of the molecule is CC(C)(CO)C(=O)N1CC(Oc2nc3nc(OCc4c(F)cccc4F)c(Cl)cc3[nH]2)C1. The Morgan fingerprint density at radius 3 is 2.66 bits per heavy atom. The summed E-state index contributed by atoms with van der Waals surface area (Å²) in [6.45, 7) is 3.47. The average Bonchev–Trinajstić information content (AvgIpc) is 3.10. The van der Waals surface area contributed by atoms with E-state index in [0.717, 1.165) is 12.1 Å². The summed E-state index contributed by atoms with van der Waals surface area (Å²) in [5.74, 6) is -1.63. The molecule has 2 N–H and O–H groups in total. The summed E-state index contributed by atoms with van der Waals surface area (Å²) in [6, 6.07) is 5.26. The summed E-state index contributed by atoms with van der Waals surface area (Å²) in [5.41, 5.74) is -0.331. The highest BCUT2D eigenvalue weighted by atomic mass is 35.5. The van der Waals surface area contributed by atoms with Crippen LogP contribution in [0.5, 0.6) is 11.9 Å². The van der Waals surface area contributed by atoms with E-state index in [-0.39, 0.29) is 53.3 Å². The summed E-state index contributed by atoms with van der Waals surface area (Å²) in [5, 5.41) is 9.47. The molecule has 3 aromatic rings. The number of benzene rings is 1. The van der Waals surface area contributed by atoms with Gasteiger partial charge in [-0.1, -0.05) is 17.7 Å². The minimum absolute atomic E-state index is 0.0217. The number of nitrogens with zero attached hydrogens (tertiary/aromatic N) is 3. The van der Waals surface area contributed by atoms with Crippen molar-refractivity contribution in [2.75, 3.05) is 19.7 Å². The number of ether oxygens (including phenoxy) is 2. The van der Waals surface area contributed by atoms with Crippen LogP contribution in [0.25, 0.3) is 11.2 Å². The van der Waals surface area contributed by atoms with Crippen molar-refractivity contribution in [3.8, 4) is 11.9 Å². The number of amides is 1. The molecule has 1 amide bonds. The van der Waals surface area contributed by atoms with Gasteiger partial charge >= 0.3 is 0 Å². The lowest BCUT2D eigenvalue weighted by Crippen LogP contribution is -2.59. The van der Waals surface area contributed by atoms with Crippen molar-refractivity contribution >= 4 is 28.7 Å². The molecule has 4 rings (SSSR count). The quantitative estimate of drug-likeness (QED) is 0.555. The van der Waals surface area contributed by atoms with Gasteiger partial charge in [-0.3, -0.25) is 4.79 Å². The van der Waals surface area contributed by atoms with Crippen LogP contribution in [0.1, 0.15) is 19.4 Å². The molecule has 0 aliphatic carbocycles. The molecule has 2 aromatic heterocycles. The van der Waals surface area contributed by atoms with Crippen molar-refractivity contribution in [2.45, 2.75) is 26.6 Å². The van der Waals surface area contributed by atoms with Crippen molar-refractivity contribution < 1.29 is 28.2 Å². The van der Waals surface area contributed by atoms with Gasteiger partial charge in [0.05, 0.1) is 36.2 Å². The van der Waals surface area contributed by atoms with Crippen LogP contribution in [0.15, 0.2) is 24.3 Å². The lowest BCUT2D eigenvalue weighted by molar-refractivity contribution is -0.151. The minimum atomic E-state index is -0.840. The second-order valence-corrected chi connectivity index (χ2v) is 8.58. The third-order valence-electron chi connectivity index (χ3n) is 5.18. The van der Waals surface area contributed by atoms with Gasteiger partial charge in [0.15, 0.2) is 5.65 Å². The van der Waals surface area contributed by atoms with Gasteiger partial charge in [-0.15, -0.1) is 0 Å². The molecule has 1 fully saturated rings. The van der Waals surface area contributed by atoms with Gasteiger partial charge in [-0.2, -0.15) is 9.97 Å². The third-order valence-corrected chi connectivity index (χ3v) is 5.45. The molecule has 8 nitrogen and oxygen atoms in total. The van der Waals surface area contributed by atoms with Gasteiger partial charge in [0.1, 0.15) is 29.4 Å². The number of carbonyl (C=O) groups is 1. The number of aliphatic hydroxyl groups excluding tert-OH is 1. The van der Waals surface area contributed by atoms with E-state index in [9.17, 15) is 18.7 Å². The maximum absolute atomic E-state index is 13.8. The number of halogens is 3. The van der Waals surface area contributed by atoms with E-state index in [1.165, 1.54) is 12.1 Å². The zero-order valence-corrected chi connectivity index (χ0v) is 18.1. The third kappa shape index (κ3) is 4.33. The Morgan fingerprint density at radius 2 is 2.00 bits per heavy atom. The van der Waals surface area contributed by atoms with E-state index in [1.807, 2.05) is 0 Å². The van der Waals surface area contributed by atoms with Gasteiger partial charge < -0.3 is 24.5 Å². The molecular weight excluding hydrogens is 446 g/mol. The smallest absolute Gasteiger partial charge is 0.296 e. The number of imidazole rings is 1. The fraction of sp³-hybridized carbons (Fsp3) is 0.381. The van der Waals surface area contributed by atoms with E-state index < -0.39 is 17.0 Å². The summed E-state index contributed by atoms with van der Waals surface area (Å²) >= 11 is 6.18. The van der Waals surface area contributed by atoms with Crippen LogP contribution in [-0.2, 0) is 11.4 Å². The van der Waals surface area contributed by atoms with E-state index in [1.54, 1.807) is 18.7 Å². The zero-order chi connectivity index (χ0) is 23.0. The molecule has 0 bridgehead atoms. The van der Waals surface area contributed by atoms with Crippen molar-refractivity contribution in [1.82, 2.24) is 19.9 Å². The van der Waals surface area contributed by atoms with Crippen molar-refractivity contribution in [3.05, 3.63) is 46.5 Å². The fourth-order valence-electron chi connectivity index (χ4n) is 3.18. The fourth-order valence-corrected chi connectivity index (χ4v) is 3.39. The van der Waals surface area contributed by atoms with Crippen LogP contribution in [-0.4, -0.2) is 56.7 Å². The summed E-state index contributed by atoms with van der Waals surface area (Å²) in [7, 11) is 0. The predicted octanol–water partition coefficient (Wildman–Crippen LogP) is 3.08. The Balaban J connectivity index is 1.41. The highest BCUT2D eigenvalue weighted by Crippen LogP contribution is 2.29. The van der Waals surface area contributed by atoms with Gasteiger partial charge in [0.2, 0.25) is 11.8 Å². The van der Waals surface area contributed by atoms with E-state index in [0.29, 0.717) is 18.6 Å². The lowest BCUT2D eigenvalue weighted by atomic mass is 9.91. The number of nitrogens with one attached hydrogen (secondary N) is 1. The van der Waals surface area contributed by atoms with Crippen LogP contribution in [0.3, 0.4) is 0 Å². The number of likely N-dealkylation sites (tertiary alicyclic amines) is 1. The molecule has 170 valence electrons. The molecule has 1 aromatic carbocycles. The first-order valence-electron chi connectivity index (χ1n) is 9.87. The van der Waals surface area contributed by atoms with Crippen LogP contribution >= 0.6 is 11.6 Å². The maximum Gasteiger partial charge on any atom is 0.296 e. The van der Waals surface area contributed by atoms with Gasteiger partial charge in [-0.25, -0.2) is 8.78 Å². The number of hydrogen-bond acceptors (Lipinski definition) is 6. The van der Waals surface area contributed by atoms with Crippen molar-refractivity contribution in [2.24, 2.45) is 5.41 Å². The zero-order valence-electron chi connectivity index (χ0n) is 17.4. The van der Waals surface area contributed by atoms with Crippen molar-refractivity contribution in [1.29, 1.82) is 0 Å². The second kappa shape index (κ2) is 8.51. The maximum atomic E-state index is 13.8. The number of hydrogen-bond donors (Lipinski definition) is 2. The molecular formula is C21H21ClF2N4O4. The molecule has 0 radical (unpaired) electrons. The van der Waals surface area contributed by atoms with E-state index in [2.05, 4.69) is 15.0 Å². The second-order valence-electron chi connectivity index (χ2n) is 8.17. The summed E-state index contributed by atoms with van der Waals surface area (Å²) in [6.07, 6.45) is -0.260. The van der Waals surface area contributed by atoms with Gasteiger partial charge in [0.25, 0.3) is 6.01 Å². The standard InChI is InChI=1S/C21H21ClF2N4O4/c1-21(2,10-29)19(30)28-7-11(8-28)32-20-25-16-6-13(22)18(26-17(16)27-20)31-9-12-14(23)4-3-5-15(12)24/h3-6,11,29H,7-10H2,1-2H3,(H,25,26,27). The Bertz CT molecular complexity index is 1140. The van der Waals surface area contributed by atoms with Gasteiger partial charge in [0, 0.05) is 0 Å². The number of rotatable bonds is 7. The summed E-state index contributed by atoms with van der Waals surface area (Å²) < 4.78 is 38.8. The molecule has 11 heteroatoms. The first kappa shape index (κ1) is 22.2. The Labute approximate surface area is 187 Å². The number of pyridine rings is 1. The topological polar surface area (TPSA) is 101 Å². The molecule has 0 spiro atoms.